The van der Waals surface area contributed by atoms with Crippen LogP contribution in [0.1, 0.15) is 30.9 Å². The first-order valence-corrected chi connectivity index (χ1v) is 7.49. The molecule has 1 aromatic rings. The Bertz CT molecular complexity index is 354. The van der Waals surface area contributed by atoms with E-state index in [9.17, 15) is 0 Å². The molecule has 1 saturated heterocycles. The van der Waals surface area contributed by atoms with E-state index in [4.69, 9.17) is 0 Å². The molecule has 0 saturated carbocycles. The highest BCUT2D eigenvalue weighted by Gasteiger charge is 2.22. The number of alkyl halides is 1. The Morgan fingerprint density at radius 2 is 1.94 bits per heavy atom. The van der Waals surface area contributed by atoms with E-state index in [1.807, 2.05) is 0 Å². The first-order valence-electron chi connectivity index (χ1n) is 6.57. The zero-order valence-corrected chi connectivity index (χ0v) is 12.4. The van der Waals surface area contributed by atoms with Crippen LogP contribution in [0.25, 0.3) is 0 Å². The average Bonchev–Trinajstić information content (AvgIpc) is 2.33. The Morgan fingerprint density at radius 3 is 2.53 bits per heavy atom. The van der Waals surface area contributed by atoms with Crippen molar-refractivity contribution < 1.29 is 0 Å². The molecule has 1 fully saturated rings. The number of halogens is 1. The maximum absolute atomic E-state index is 3.72. The molecule has 0 radical (unpaired) electrons. The summed E-state index contributed by atoms with van der Waals surface area (Å²) >= 11 is 3.72. The minimum absolute atomic E-state index is 0.670. The fraction of sp³-hybridized carbons (Fsp3) is 0.600. The summed E-state index contributed by atoms with van der Waals surface area (Å²) in [6.45, 7) is 8.10. The molecular formula is C15H22BrN. The molecule has 1 nitrogen and oxygen atoms in total. The van der Waals surface area contributed by atoms with Crippen molar-refractivity contribution in [1.29, 1.82) is 0 Å². The van der Waals surface area contributed by atoms with Crippen LogP contribution in [0.3, 0.4) is 0 Å². The number of rotatable bonds is 3. The van der Waals surface area contributed by atoms with E-state index in [2.05, 4.69) is 58.9 Å². The Labute approximate surface area is 113 Å². The lowest BCUT2D eigenvalue weighted by Gasteiger charge is -2.33. The van der Waals surface area contributed by atoms with Gasteiger partial charge in [-0.1, -0.05) is 47.1 Å². The van der Waals surface area contributed by atoms with Gasteiger partial charge in [-0.3, -0.25) is 4.90 Å². The SMILES string of the molecule is Cc1ccccc1CN1CCC(C(C)Br)CC1. The molecule has 1 aliphatic rings. The summed E-state index contributed by atoms with van der Waals surface area (Å²) in [5.41, 5.74) is 2.90. The molecule has 2 heteroatoms. The maximum atomic E-state index is 3.72. The summed E-state index contributed by atoms with van der Waals surface area (Å²) in [4.78, 5) is 3.26. The van der Waals surface area contributed by atoms with E-state index >= 15 is 0 Å². The predicted octanol–water partition coefficient (Wildman–Crippen LogP) is 3.99. The highest BCUT2D eigenvalue weighted by atomic mass is 79.9. The van der Waals surface area contributed by atoms with Crippen LogP contribution >= 0.6 is 15.9 Å². The summed E-state index contributed by atoms with van der Waals surface area (Å²) in [5.74, 6) is 0.864. The van der Waals surface area contributed by atoms with Crippen molar-refractivity contribution in [2.75, 3.05) is 13.1 Å². The minimum atomic E-state index is 0.670. The topological polar surface area (TPSA) is 3.24 Å². The van der Waals surface area contributed by atoms with Gasteiger partial charge in [0, 0.05) is 11.4 Å². The van der Waals surface area contributed by atoms with Crippen LogP contribution in [0.5, 0.6) is 0 Å². The van der Waals surface area contributed by atoms with Crippen molar-refractivity contribution in [1.82, 2.24) is 4.90 Å². The van der Waals surface area contributed by atoms with E-state index in [1.165, 1.54) is 37.1 Å². The van der Waals surface area contributed by atoms with E-state index in [1.54, 1.807) is 0 Å². The highest BCUT2D eigenvalue weighted by Crippen LogP contribution is 2.26. The van der Waals surface area contributed by atoms with Gasteiger partial charge in [0.05, 0.1) is 0 Å². The van der Waals surface area contributed by atoms with Gasteiger partial charge < -0.3 is 0 Å². The maximum Gasteiger partial charge on any atom is 0.0236 e. The van der Waals surface area contributed by atoms with Crippen molar-refractivity contribution >= 4 is 15.9 Å². The second kappa shape index (κ2) is 6.01. The van der Waals surface area contributed by atoms with Crippen LogP contribution in [0, 0.1) is 12.8 Å². The minimum Gasteiger partial charge on any atom is -0.299 e. The Balaban J connectivity index is 1.88. The standard InChI is InChI=1S/C15H22BrN/c1-12-5-3-4-6-15(12)11-17-9-7-14(8-10-17)13(2)16/h3-6,13-14H,7-11H2,1-2H3. The molecule has 0 amide bonds. The molecule has 0 bridgehead atoms. The third-order valence-electron chi connectivity index (χ3n) is 3.94. The van der Waals surface area contributed by atoms with E-state index in [0.717, 1.165) is 12.5 Å². The van der Waals surface area contributed by atoms with Crippen molar-refractivity contribution in [2.45, 2.75) is 38.1 Å². The zero-order chi connectivity index (χ0) is 12.3. The van der Waals surface area contributed by atoms with Crippen LogP contribution in [-0.4, -0.2) is 22.8 Å². The van der Waals surface area contributed by atoms with Crippen molar-refractivity contribution in [2.24, 2.45) is 5.92 Å². The summed E-state index contributed by atoms with van der Waals surface area (Å²) < 4.78 is 0. The first-order chi connectivity index (χ1) is 8.16. The van der Waals surface area contributed by atoms with Gasteiger partial charge in [0.2, 0.25) is 0 Å². The third-order valence-corrected chi connectivity index (χ3v) is 4.68. The van der Waals surface area contributed by atoms with Crippen LogP contribution in [0.4, 0.5) is 0 Å². The fourth-order valence-electron chi connectivity index (χ4n) is 2.60. The van der Waals surface area contributed by atoms with Crippen LogP contribution in [0.2, 0.25) is 0 Å². The second-order valence-corrected chi connectivity index (χ2v) is 6.66. The first kappa shape index (κ1) is 13.1. The molecule has 17 heavy (non-hydrogen) atoms. The van der Waals surface area contributed by atoms with Gasteiger partial charge in [-0.25, -0.2) is 0 Å². The number of piperidine rings is 1. The number of hydrogen-bond donors (Lipinski definition) is 0. The van der Waals surface area contributed by atoms with Gasteiger partial charge in [-0.15, -0.1) is 0 Å². The molecule has 0 aliphatic carbocycles. The number of likely N-dealkylation sites (tertiary alicyclic amines) is 1. The molecule has 1 unspecified atom stereocenters. The van der Waals surface area contributed by atoms with Gasteiger partial charge >= 0.3 is 0 Å². The molecule has 1 aliphatic heterocycles. The Hall–Kier alpha value is -0.340. The van der Waals surface area contributed by atoms with Gasteiger partial charge in [0.1, 0.15) is 0 Å². The number of hydrogen-bond acceptors (Lipinski definition) is 1. The lowest BCUT2D eigenvalue weighted by molar-refractivity contribution is 0.178. The number of nitrogens with zero attached hydrogens (tertiary/aromatic N) is 1. The van der Waals surface area contributed by atoms with Crippen LogP contribution in [-0.2, 0) is 6.54 Å². The monoisotopic (exact) mass is 295 g/mol. The van der Waals surface area contributed by atoms with Gasteiger partial charge in [0.25, 0.3) is 0 Å². The van der Waals surface area contributed by atoms with Gasteiger partial charge in [0.15, 0.2) is 0 Å². The molecular weight excluding hydrogens is 274 g/mol. The largest absolute Gasteiger partial charge is 0.299 e. The van der Waals surface area contributed by atoms with Crippen LogP contribution < -0.4 is 0 Å². The molecule has 94 valence electrons. The molecule has 1 atom stereocenters. The zero-order valence-electron chi connectivity index (χ0n) is 10.8. The van der Waals surface area contributed by atoms with Crippen LogP contribution in [0.15, 0.2) is 24.3 Å². The summed E-state index contributed by atoms with van der Waals surface area (Å²) in [5, 5.41) is 0. The van der Waals surface area contributed by atoms with Gasteiger partial charge in [-0.05, 0) is 49.9 Å². The van der Waals surface area contributed by atoms with Crippen molar-refractivity contribution in [3.63, 3.8) is 0 Å². The smallest absolute Gasteiger partial charge is 0.0236 e. The summed E-state index contributed by atoms with van der Waals surface area (Å²) in [6.07, 6.45) is 2.66. The van der Waals surface area contributed by atoms with E-state index in [0.29, 0.717) is 4.83 Å². The van der Waals surface area contributed by atoms with Crippen molar-refractivity contribution in [3.8, 4) is 0 Å². The predicted molar refractivity (Wildman–Crippen MR) is 77.6 cm³/mol. The average molecular weight is 296 g/mol. The van der Waals surface area contributed by atoms with E-state index < -0.39 is 0 Å². The summed E-state index contributed by atoms with van der Waals surface area (Å²) in [7, 11) is 0. The van der Waals surface area contributed by atoms with Crippen molar-refractivity contribution in [3.05, 3.63) is 35.4 Å². The third kappa shape index (κ3) is 3.56. The highest BCUT2D eigenvalue weighted by molar-refractivity contribution is 9.09. The molecule has 1 heterocycles. The molecule has 0 spiro atoms. The molecule has 0 aromatic heterocycles. The summed E-state index contributed by atoms with van der Waals surface area (Å²) in [6, 6.07) is 8.74. The normalized spacial score (nSPS) is 20.4. The number of benzene rings is 1. The molecule has 2 rings (SSSR count). The quantitative estimate of drug-likeness (QED) is 0.762. The lowest BCUT2D eigenvalue weighted by Crippen LogP contribution is -2.35. The fourth-order valence-corrected chi connectivity index (χ4v) is 3.13. The lowest BCUT2D eigenvalue weighted by atomic mass is 9.94. The molecule has 1 aromatic carbocycles. The molecule has 0 N–H and O–H groups in total. The Kier molecular flexibility index (Phi) is 4.63. The van der Waals surface area contributed by atoms with Gasteiger partial charge in [-0.2, -0.15) is 0 Å². The second-order valence-electron chi connectivity index (χ2n) is 5.22. The number of aryl methyl sites for hydroxylation is 1. The Morgan fingerprint density at radius 1 is 1.29 bits per heavy atom. The van der Waals surface area contributed by atoms with E-state index in [-0.39, 0.29) is 0 Å².